The Morgan fingerprint density at radius 1 is 1.25 bits per heavy atom. The molecule has 0 N–H and O–H groups in total. The number of rotatable bonds is 3. The van der Waals surface area contributed by atoms with Gasteiger partial charge in [0.2, 0.25) is 0 Å². The van der Waals surface area contributed by atoms with Crippen molar-refractivity contribution in [1.82, 2.24) is 20.0 Å². The maximum absolute atomic E-state index is 12.9. The molecule has 0 unspecified atom stereocenters. The van der Waals surface area contributed by atoms with E-state index in [4.69, 9.17) is 13.7 Å². The molecule has 8 heteroatoms. The number of carbonyl (C=O) groups excluding carboxylic acids is 1. The van der Waals surface area contributed by atoms with E-state index in [1.54, 1.807) is 18.7 Å². The number of amides is 1. The van der Waals surface area contributed by atoms with Crippen LogP contribution in [0.4, 0.5) is 0 Å². The molecule has 0 bridgehead atoms. The zero-order valence-corrected chi connectivity index (χ0v) is 14.6. The lowest BCUT2D eigenvalue weighted by Crippen LogP contribution is -2.46. The van der Waals surface area contributed by atoms with E-state index in [0.717, 1.165) is 0 Å². The predicted molar refractivity (Wildman–Crippen MR) is 83.6 cm³/mol. The molecular weight excluding hydrogens is 312 g/mol. The number of oxazole rings is 1. The van der Waals surface area contributed by atoms with Crippen LogP contribution in [0.25, 0.3) is 0 Å². The van der Waals surface area contributed by atoms with E-state index < -0.39 is 6.10 Å². The highest BCUT2D eigenvalue weighted by Gasteiger charge is 2.34. The minimum Gasteiger partial charge on any atom is -0.445 e. The smallest absolute Gasteiger partial charge is 0.276 e. The normalized spacial score (nSPS) is 21.5. The van der Waals surface area contributed by atoms with Gasteiger partial charge in [-0.1, -0.05) is 19.0 Å². The maximum Gasteiger partial charge on any atom is 0.276 e. The quantitative estimate of drug-likeness (QED) is 0.850. The van der Waals surface area contributed by atoms with Gasteiger partial charge in [-0.05, 0) is 20.8 Å². The molecule has 0 aliphatic carbocycles. The Kier molecular flexibility index (Phi) is 4.40. The highest BCUT2D eigenvalue weighted by Crippen LogP contribution is 2.26. The Balaban J connectivity index is 1.81. The van der Waals surface area contributed by atoms with E-state index in [-0.39, 0.29) is 17.9 Å². The first-order chi connectivity index (χ1) is 11.3. The van der Waals surface area contributed by atoms with Gasteiger partial charge in [0.1, 0.15) is 5.76 Å². The van der Waals surface area contributed by atoms with Gasteiger partial charge in [0.15, 0.2) is 23.5 Å². The van der Waals surface area contributed by atoms with Crippen molar-refractivity contribution >= 4 is 5.91 Å². The Morgan fingerprint density at radius 3 is 2.58 bits per heavy atom. The molecule has 0 spiro atoms. The SMILES string of the molecule is Cc1noc([C@H]2CN(C(=O)c3nc(C(C)C)oc3C)C[C@@H](C)O2)n1. The third kappa shape index (κ3) is 3.19. The summed E-state index contributed by atoms with van der Waals surface area (Å²) in [5.74, 6) is 1.99. The summed E-state index contributed by atoms with van der Waals surface area (Å²) in [6, 6.07) is 0. The van der Waals surface area contributed by atoms with E-state index in [1.807, 2.05) is 20.8 Å². The molecule has 0 saturated carbocycles. The van der Waals surface area contributed by atoms with Crippen LogP contribution in [0.2, 0.25) is 0 Å². The van der Waals surface area contributed by atoms with Crippen molar-refractivity contribution in [2.45, 2.75) is 52.7 Å². The first-order valence-corrected chi connectivity index (χ1v) is 8.07. The van der Waals surface area contributed by atoms with Crippen LogP contribution in [0.5, 0.6) is 0 Å². The number of hydrogen-bond acceptors (Lipinski definition) is 7. The van der Waals surface area contributed by atoms with E-state index in [0.29, 0.717) is 42.1 Å². The standard InChI is InChI=1S/C16H22N4O4/c1-8(2)14-18-13(10(4)23-14)16(21)20-6-9(3)22-12(7-20)15-17-11(5)19-24-15/h8-9,12H,6-7H2,1-5H3/t9-,12-/m1/s1. The van der Waals surface area contributed by atoms with Crippen molar-refractivity contribution in [2.24, 2.45) is 0 Å². The second-order valence-electron chi connectivity index (χ2n) is 6.44. The average Bonchev–Trinajstić information content (AvgIpc) is 3.12. The van der Waals surface area contributed by atoms with Gasteiger partial charge in [-0.15, -0.1) is 0 Å². The largest absolute Gasteiger partial charge is 0.445 e. The molecule has 3 heterocycles. The topological polar surface area (TPSA) is 94.5 Å². The molecule has 8 nitrogen and oxygen atoms in total. The van der Waals surface area contributed by atoms with E-state index in [9.17, 15) is 4.79 Å². The van der Waals surface area contributed by atoms with Gasteiger partial charge in [-0.25, -0.2) is 4.98 Å². The molecule has 1 aliphatic rings. The van der Waals surface area contributed by atoms with Crippen LogP contribution < -0.4 is 0 Å². The van der Waals surface area contributed by atoms with Crippen molar-refractivity contribution in [3.8, 4) is 0 Å². The lowest BCUT2D eigenvalue weighted by atomic mass is 10.2. The van der Waals surface area contributed by atoms with E-state index in [2.05, 4.69) is 15.1 Å². The molecule has 24 heavy (non-hydrogen) atoms. The molecule has 2 aromatic rings. The van der Waals surface area contributed by atoms with Gasteiger partial charge in [0.05, 0.1) is 12.6 Å². The number of hydrogen-bond donors (Lipinski definition) is 0. The highest BCUT2D eigenvalue weighted by atomic mass is 16.5. The fourth-order valence-electron chi connectivity index (χ4n) is 2.71. The summed E-state index contributed by atoms with van der Waals surface area (Å²) in [6.45, 7) is 10.2. The van der Waals surface area contributed by atoms with Crippen LogP contribution >= 0.6 is 0 Å². The van der Waals surface area contributed by atoms with Gasteiger partial charge in [-0.3, -0.25) is 4.79 Å². The molecule has 130 valence electrons. The molecule has 1 aliphatic heterocycles. The molecule has 2 aromatic heterocycles. The van der Waals surface area contributed by atoms with Crippen molar-refractivity contribution in [3.05, 3.63) is 29.1 Å². The van der Waals surface area contributed by atoms with Gasteiger partial charge < -0.3 is 18.6 Å². The van der Waals surface area contributed by atoms with Gasteiger partial charge >= 0.3 is 0 Å². The van der Waals surface area contributed by atoms with E-state index >= 15 is 0 Å². The van der Waals surface area contributed by atoms with Crippen molar-refractivity contribution in [3.63, 3.8) is 0 Å². The lowest BCUT2D eigenvalue weighted by molar-refractivity contribution is -0.0811. The van der Waals surface area contributed by atoms with Gasteiger partial charge in [0.25, 0.3) is 11.8 Å². The summed E-state index contributed by atoms with van der Waals surface area (Å²) >= 11 is 0. The fourth-order valence-corrected chi connectivity index (χ4v) is 2.71. The summed E-state index contributed by atoms with van der Waals surface area (Å²) in [6.07, 6.45) is -0.577. The summed E-state index contributed by atoms with van der Waals surface area (Å²) in [7, 11) is 0. The Bertz CT molecular complexity index is 736. The Morgan fingerprint density at radius 2 is 2.00 bits per heavy atom. The molecule has 0 aromatic carbocycles. The van der Waals surface area contributed by atoms with Gasteiger partial charge in [-0.2, -0.15) is 4.98 Å². The number of ether oxygens (including phenoxy) is 1. The molecule has 1 amide bonds. The number of nitrogens with zero attached hydrogens (tertiary/aromatic N) is 4. The predicted octanol–water partition coefficient (Wildman–Crippen LogP) is 2.40. The highest BCUT2D eigenvalue weighted by molar-refractivity contribution is 5.93. The number of morpholine rings is 1. The summed E-state index contributed by atoms with van der Waals surface area (Å²) < 4.78 is 16.6. The Labute approximate surface area is 140 Å². The molecule has 2 atom stereocenters. The van der Waals surface area contributed by atoms with Crippen molar-refractivity contribution in [1.29, 1.82) is 0 Å². The lowest BCUT2D eigenvalue weighted by Gasteiger charge is -2.34. The summed E-state index contributed by atoms with van der Waals surface area (Å²) in [4.78, 5) is 23.1. The molecular formula is C16H22N4O4. The summed E-state index contributed by atoms with van der Waals surface area (Å²) in [5, 5.41) is 3.78. The second kappa shape index (κ2) is 6.35. The molecule has 3 rings (SSSR count). The second-order valence-corrected chi connectivity index (χ2v) is 6.44. The third-order valence-corrected chi connectivity index (χ3v) is 3.88. The Hall–Kier alpha value is -2.22. The van der Waals surface area contributed by atoms with Crippen LogP contribution in [-0.2, 0) is 4.74 Å². The van der Waals surface area contributed by atoms with Crippen LogP contribution in [0.15, 0.2) is 8.94 Å². The van der Waals surface area contributed by atoms with Gasteiger partial charge in [0, 0.05) is 12.5 Å². The van der Waals surface area contributed by atoms with Crippen LogP contribution in [0, 0.1) is 13.8 Å². The van der Waals surface area contributed by atoms with Crippen LogP contribution in [-0.4, -0.2) is 45.1 Å². The average molecular weight is 334 g/mol. The zero-order chi connectivity index (χ0) is 17.4. The monoisotopic (exact) mass is 334 g/mol. The molecule has 1 fully saturated rings. The number of carbonyl (C=O) groups is 1. The zero-order valence-electron chi connectivity index (χ0n) is 14.6. The first-order valence-electron chi connectivity index (χ1n) is 8.07. The maximum atomic E-state index is 12.9. The number of aromatic nitrogens is 3. The minimum atomic E-state index is -0.435. The molecule has 0 radical (unpaired) electrons. The summed E-state index contributed by atoms with van der Waals surface area (Å²) in [5.41, 5.74) is 0.355. The van der Waals surface area contributed by atoms with Crippen LogP contribution in [0.1, 0.15) is 66.6 Å². The third-order valence-electron chi connectivity index (χ3n) is 3.88. The van der Waals surface area contributed by atoms with Crippen molar-refractivity contribution < 1.29 is 18.5 Å². The fraction of sp³-hybridized carbons (Fsp3) is 0.625. The first kappa shape index (κ1) is 16.6. The van der Waals surface area contributed by atoms with E-state index in [1.165, 1.54) is 0 Å². The molecule has 1 saturated heterocycles. The minimum absolute atomic E-state index is 0.128. The number of aryl methyl sites for hydroxylation is 2. The van der Waals surface area contributed by atoms with Crippen molar-refractivity contribution in [2.75, 3.05) is 13.1 Å². The van der Waals surface area contributed by atoms with Crippen LogP contribution in [0.3, 0.4) is 0 Å².